The van der Waals surface area contributed by atoms with Gasteiger partial charge < -0.3 is 10.1 Å². The SMILES string of the molecule is COC(C)CNC1(CCl)CC1. The summed E-state index contributed by atoms with van der Waals surface area (Å²) in [6.07, 6.45) is 2.72. The molecule has 1 atom stereocenters. The third kappa shape index (κ3) is 2.62. The number of nitrogens with one attached hydrogen (secondary N) is 1. The smallest absolute Gasteiger partial charge is 0.0667 e. The van der Waals surface area contributed by atoms with Crippen molar-refractivity contribution in [1.29, 1.82) is 0 Å². The van der Waals surface area contributed by atoms with Gasteiger partial charge in [0.15, 0.2) is 0 Å². The fourth-order valence-corrected chi connectivity index (χ4v) is 1.31. The zero-order chi connectivity index (χ0) is 8.32. The highest BCUT2D eigenvalue weighted by Gasteiger charge is 2.41. The van der Waals surface area contributed by atoms with Crippen LogP contribution >= 0.6 is 11.6 Å². The largest absolute Gasteiger partial charge is 0.380 e. The molecule has 0 amide bonds. The highest BCUT2D eigenvalue weighted by Crippen LogP contribution is 2.36. The van der Waals surface area contributed by atoms with Crippen LogP contribution in [0.25, 0.3) is 0 Å². The fraction of sp³-hybridized carbons (Fsp3) is 1.00. The Labute approximate surface area is 73.3 Å². The van der Waals surface area contributed by atoms with Crippen molar-refractivity contribution in [2.24, 2.45) is 0 Å². The van der Waals surface area contributed by atoms with Crippen molar-refractivity contribution in [2.75, 3.05) is 19.5 Å². The predicted octanol–water partition coefficient (Wildman–Crippen LogP) is 1.38. The molecule has 1 aliphatic rings. The Bertz CT molecular complexity index is 125. The Kier molecular flexibility index (Phi) is 3.16. The molecule has 0 aromatic rings. The number of methoxy groups -OCH3 is 1. The van der Waals surface area contributed by atoms with Gasteiger partial charge in [-0.05, 0) is 19.8 Å². The quantitative estimate of drug-likeness (QED) is 0.641. The molecular formula is C8H16ClNO. The molecule has 0 aliphatic heterocycles. The van der Waals surface area contributed by atoms with Crippen molar-refractivity contribution in [2.45, 2.75) is 31.4 Å². The third-order valence-corrected chi connectivity index (χ3v) is 2.79. The zero-order valence-corrected chi connectivity index (χ0v) is 7.95. The van der Waals surface area contributed by atoms with Crippen LogP contribution in [-0.2, 0) is 4.74 Å². The van der Waals surface area contributed by atoms with E-state index in [1.165, 1.54) is 12.8 Å². The lowest BCUT2D eigenvalue weighted by Crippen LogP contribution is -2.38. The molecule has 2 nitrogen and oxygen atoms in total. The number of rotatable bonds is 5. The van der Waals surface area contributed by atoms with Gasteiger partial charge in [0.05, 0.1) is 6.10 Å². The zero-order valence-electron chi connectivity index (χ0n) is 7.19. The first-order valence-electron chi connectivity index (χ1n) is 4.06. The van der Waals surface area contributed by atoms with Crippen LogP contribution in [0.15, 0.2) is 0 Å². The summed E-state index contributed by atoms with van der Waals surface area (Å²) < 4.78 is 5.11. The van der Waals surface area contributed by atoms with E-state index in [2.05, 4.69) is 12.2 Å². The first kappa shape index (κ1) is 9.30. The standard InChI is InChI=1S/C8H16ClNO/c1-7(11-2)5-10-8(6-9)3-4-8/h7,10H,3-6H2,1-2H3. The summed E-state index contributed by atoms with van der Waals surface area (Å²) in [7, 11) is 1.73. The van der Waals surface area contributed by atoms with Crippen molar-refractivity contribution in [1.82, 2.24) is 5.32 Å². The molecule has 0 heterocycles. The summed E-state index contributed by atoms with van der Waals surface area (Å²) in [6.45, 7) is 2.96. The molecule has 1 saturated carbocycles. The average Bonchev–Trinajstić information content (AvgIpc) is 2.81. The maximum atomic E-state index is 5.78. The predicted molar refractivity (Wildman–Crippen MR) is 47.2 cm³/mol. The van der Waals surface area contributed by atoms with E-state index in [4.69, 9.17) is 16.3 Å². The van der Waals surface area contributed by atoms with Crippen LogP contribution in [0.3, 0.4) is 0 Å². The van der Waals surface area contributed by atoms with Gasteiger partial charge in [-0.25, -0.2) is 0 Å². The molecule has 0 bridgehead atoms. The molecule has 1 rings (SSSR count). The molecule has 3 heteroatoms. The van der Waals surface area contributed by atoms with E-state index in [1.807, 2.05) is 0 Å². The summed E-state index contributed by atoms with van der Waals surface area (Å²) in [5.74, 6) is 0.726. The van der Waals surface area contributed by atoms with E-state index < -0.39 is 0 Å². The normalized spacial score (nSPS) is 23.2. The summed E-state index contributed by atoms with van der Waals surface area (Å²) >= 11 is 5.78. The Morgan fingerprint density at radius 1 is 1.64 bits per heavy atom. The minimum atomic E-state index is 0.258. The third-order valence-electron chi connectivity index (χ3n) is 2.28. The van der Waals surface area contributed by atoms with Gasteiger partial charge in [-0.15, -0.1) is 11.6 Å². The maximum Gasteiger partial charge on any atom is 0.0667 e. The van der Waals surface area contributed by atoms with E-state index in [0.29, 0.717) is 0 Å². The van der Waals surface area contributed by atoms with Crippen molar-refractivity contribution in [3.05, 3.63) is 0 Å². The van der Waals surface area contributed by atoms with E-state index >= 15 is 0 Å². The summed E-state index contributed by atoms with van der Waals surface area (Å²) in [5.41, 5.74) is 0.258. The topological polar surface area (TPSA) is 21.3 Å². The lowest BCUT2D eigenvalue weighted by Gasteiger charge is -2.16. The van der Waals surface area contributed by atoms with E-state index in [0.717, 1.165) is 12.4 Å². The molecule has 0 spiro atoms. The second-order valence-corrected chi connectivity index (χ2v) is 3.61. The van der Waals surface area contributed by atoms with Crippen LogP contribution in [0.5, 0.6) is 0 Å². The highest BCUT2D eigenvalue weighted by molar-refractivity contribution is 6.18. The average molecular weight is 178 g/mol. The molecular weight excluding hydrogens is 162 g/mol. The lowest BCUT2D eigenvalue weighted by molar-refractivity contribution is 0.114. The van der Waals surface area contributed by atoms with Gasteiger partial charge in [0.2, 0.25) is 0 Å². The molecule has 0 radical (unpaired) electrons. The monoisotopic (exact) mass is 177 g/mol. The number of alkyl halides is 1. The molecule has 0 aromatic carbocycles. The van der Waals surface area contributed by atoms with Crippen LogP contribution in [0.1, 0.15) is 19.8 Å². The summed E-state index contributed by atoms with van der Waals surface area (Å²) in [4.78, 5) is 0. The Morgan fingerprint density at radius 2 is 2.27 bits per heavy atom. The van der Waals surface area contributed by atoms with Crippen LogP contribution in [0, 0.1) is 0 Å². The summed E-state index contributed by atoms with van der Waals surface area (Å²) in [5, 5.41) is 3.41. The van der Waals surface area contributed by atoms with Crippen LogP contribution in [-0.4, -0.2) is 31.2 Å². The Balaban J connectivity index is 2.11. The molecule has 11 heavy (non-hydrogen) atoms. The molecule has 1 unspecified atom stereocenters. The van der Waals surface area contributed by atoms with Crippen LogP contribution in [0.4, 0.5) is 0 Å². The number of hydrogen-bond acceptors (Lipinski definition) is 2. The highest BCUT2D eigenvalue weighted by atomic mass is 35.5. The van der Waals surface area contributed by atoms with Crippen molar-refractivity contribution < 1.29 is 4.74 Å². The molecule has 1 aliphatic carbocycles. The fourth-order valence-electron chi connectivity index (χ4n) is 0.952. The van der Waals surface area contributed by atoms with Gasteiger partial charge >= 0.3 is 0 Å². The van der Waals surface area contributed by atoms with Gasteiger partial charge in [-0.1, -0.05) is 0 Å². The maximum absolute atomic E-state index is 5.78. The van der Waals surface area contributed by atoms with Gasteiger partial charge in [0, 0.05) is 25.1 Å². The van der Waals surface area contributed by atoms with Gasteiger partial charge in [-0.3, -0.25) is 0 Å². The van der Waals surface area contributed by atoms with Crippen LogP contribution in [0.2, 0.25) is 0 Å². The lowest BCUT2D eigenvalue weighted by atomic mass is 10.3. The minimum Gasteiger partial charge on any atom is -0.380 e. The first-order valence-corrected chi connectivity index (χ1v) is 4.60. The second-order valence-electron chi connectivity index (χ2n) is 3.34. The van der Waals surface area contributed by atoms with E-state index in [-0.39, 0.29) is 11.6 Å². The van der Waals surface area contributed by atoms with Crippen LogP contribution < -0.4 is 5.32 Å². The minimum absolute atomic E-state index is 0.258. The Morgan fingerprint density at radius 3 is 2.64 bits per heavy atom. The molecule has 1 fully saturated rings. The molecule has 0 saturated heterocycles. The Hall–Kier alpha value is 0.210. The van der Waals surface area contributed by atoms with E-state index in [9.17, 15) is 0 Å². The van der Waals surface area contributed by atoms with Crippen molar-refractivity contribution in [3.8, 4) is 0 Å². The van der Waals surface area contributed by atoms with E-state index in [1.54, 1.807) is 7.11 Å². The molecule has 0 aromatic heterocycles. The van der Waals surface area contributed by atoms with Crippen molar-refractivity contribution >= 4 is 11.6 Å². The number of halogens is 1. The number of hydrogen-bond donors (Lipinski definition) is 1. The molecule has 66 valence electrons. The van der Waals surface area contributed by atoms with Gasteiger partial charge in [-0.2, -0.15) is 0 Å². The first-order chi connectivity index (χ1) is 5.22. The number of ether oxygens (including phenoxy) is 1. The van der Waals surface area contributed by atoms with Gasteiger partial charge in [0.25, 0.3) is 0 Å². The van der Waals surface area contributed by atoms with Gasteiger partial charge in [0.1, 0.15) is 0 Å². The molecule has 1 N–H and O–H groups in total. The summed E-state index contributed by atoms with van der Waals surface area (Å²) in [6, 6.07) is 0. The second kappa shape index (κ2) is 3.74. The van der Waals surface area contributed by atoms with Crippen molar-refractivity contribution in [3.63, 3.8) is 0 Å².